The first-order valence-corrected chi connectivity index (χ1v) is 4.64. The summed E-state index contributed by atoms with van der Waals surface area (Å²) in [7, 11) is 0. The monoisotopic (exact) mass is 198 g/mol. The highest BCUT2D eigenvalue weighted by Crippen LogP contribution is 2.37. The van der Waals surface area contributed by atoms with Crippen LogP contribution in [0.25, 0.3) is 0 Å². The van der Waals surface area contributed by atoms with Gasteiger partial charge in [-0.2, -0.15) is 5.06 Å². The van der Waals surface area contributed by atoms with E-state index in [0.717, 1.165) is 12.0 Å². The highest BCUT2D eigenvalue weighted by atomic mass is 16.5. The maximum Gasteiger partial charge on any atom is 0.167 e. The summed E-state index contributed by atoms with van der Waals surface area (Å²) in [6, 6.07) is 0. The number of ether oxygens (including phenoxy) is 1. The average molecular weight is 198 g/mol. The molecule has 1 aliphatic rings. The standard InChI is InChI=1S/C10H18N2O2/c1-9(2)5-8(6-14-7-11)10(3,4)12(9)13/h5,7,11,13H,6H2,1-4H3. The predicted octanol–water partition coefficient (Wildman–Crippen LogP) is 1.80. The molecule has 0 aliphatic carbocycles. The molecule has 0 unspecified atom stereocenters. The van der Waals surface area contributed by atoms with Gasteiger partial charge >= 0.3 is 0 Å². The van der Waals surface area contributed by atoms with E-state index in [2.05, 4.69) is 0 Å². The lowest BCUT2D eigenvalue weighted by Gasteiger charge is -2.36. The van der Waals surface area contributed by atoms with Crippen molar-refractivity contribution in [3.8, 4) is 0 Å². The fraction of sp³-hybridized carbons (Fsp3) is 0.700. The maximum atomic E-state index is 9.92. The lowest BCUT2D eigenvalue weighted by Crippen LogP contribution is -2.48. The Balaban J connectivity index is 2.88. The second kappa shape index (κ2) is 3.37. The molecule has 0 aromatic carbocycles. The van der Waals surface area contributed by atoms with Crippen molar-refractivity contribution in [3.63, 3.8) is 0 Å². The Morgan fingerprint density at radius 2 is 2.07 bits per heavy atom. The average Bonchev–Trinajstić information content (AvgIpc) is 2.23. The van der Waals surface area contributed by atoms with E-state index in [1.54, 1.807) is 0 Å². The Morgan fingerprint density at radius 1 is 1.50 bits per heavy atom. The Labute approximate surface area is 84.6 Å². The van der Waals surface area contributed by atoms with E-state index >= 15 is 0 Å². The Bertz CT molecular complexity index is 269. The van der Waals surface area contributed by atoms with Crippen molar-refractivity contribution in [3.05, 3.63) is 11.6 Å². The normalized spacial score (nSPS) is 24.5. The smallest absolute Gasteiger partial charge is 0.167 e. The van der Waals surface area contributed by atoms with Crippen LogP contribution in [0.3, 0.4) is 0 Å². The van der Waals surface area contributed by atoms with Gasteiger partial charge in [-0.05, 0) is 33.3 Å². The molecular weight excluding hydrogens is 180 g/mol. The number of hydroxylamine groups is 2. The molecule has 0 aromatic rings. The summed E-state index contributed by atoms with van der Waals surface area (Å²) in [6.45, 7) is 8.09. The fourth-order valence-electron chi connectivity index (χ4n) is 1.87. The van der Waals surface area contributed by atoms with Gasteiger partial charge < -0.3 is 9.94 Å². The van der Waals surface area contributed by atoms with Crippen molar-refractivity contribution in [2.24, 2.45) is 0 Å². The Kier molecular flexibility index (Phi) is 2.69. The topological polar surface area (TPSA) is 56.5 Å². The Hall–Kier alpha value is -0.870. The highest BCUT2D eigenvalue weighted by Gasteiger charge is 2.45. The van der Waals surface area contributed by atoms with E-state index < -0.39 is 5.54 Å². The minimum Gasteiger partial charge on any atom is -0.479 e. The van der Waals surface area contributed by atoms with Crippen molar-refractivity contribution < 1.29 is 9.94 Å². The van der Waals surface area contributed by atoms with Crippen molar-refractivity contribution in [1.29, 1.82) is 5.41 Å². The van der Waals surface area contributed by atoms with E-state index in [1.807, 2.05) is 33.8 Å². The molecule has 14 heavy (non-hydrogen) atoms. The van der Waals surface area contributed by atoms with Crippen LogP contribution in [0.15, 0.2) is 11.6 Å². The number of nitrogens with zero attached hydrogens (tertiary/aromatic N) is 1. The quantitative estimate of drug-likeness (QED) is 0.413. The van der Waals surface area contributed by atoms with Gasteiger partial charge in [-0.25, -0.2) is 0 Å². The molecule has 0 spiro atoms. The molecule has 4 heteroatoms. The predicted molar refractivity (Wildman–Crippen MR) is 54.6 cm³/mol. The molecule has 0 amide bonds. The third-order valence-electron chi connectivity index (χ3n) is 2.71. The van der Waals surface area contributed by atoms with Gasteiger partial charge in [0, 0.05) is 0 Å². The summed E-state index contributed by atoms with van der Waals surface area (Å²) in [5.41, 5.74) is 0.199. The minimum absolute atomic E-state index is 0.358. The zero-order chi connectivity index (χ0) is 11.0. The van der Waals surface area contributed by atoms with E-state index in [-0.39, 0.29) is 5.54 Å². The Morgan fingerprint density at radius 3 is 2.43 bits per heavy atom. The van der Waals surface area contributed by atoms with Gasteiger partial charge in [0.05, 0.1) is 11.1 Å². The molecule has 0 saturated heterocycles. The summed E-state index contributed by atoms with van der Waals surface area (Å²) in [4.78, 5) is 0. The van der Waals surface area contributed by atoms with E-state index in [1.165, 1.54) is 5.06 Å². The van der Waals surface area contributed by atoms with Gasteiger partial charge in [-0.3, -0.25) is 5.41 Å². The SMILES string of the molecule is CC1(C)C=C(COC=N)C(C)(C)N1O. The summed E-state index contributed by atoms with van der Waals surface area (Å²) >= 11 is 0. The number of rotatable bonds is 3. The minimum atomic E-state index is -0.424. The molecule has 2 N–H and O–H groups in total. The van der Waals surface area contributed by atoms with Gasteiger partial charge in [0.1, 0.15) is 6.61 Å². The van der Waals surface area contributed by atoms with Crippen LogP contribution in [0.1, 0.15) is 27.7 Å². The molecule has 4 nitrogen and oxygen atoms in total. The third-order valence-corrected chi connectivity index (χ3v) is 2.71. The highest BCUT2D eigenvalue weighted by molar-refractivity contribution is 5.42. The molecule has 1 rings (SSSR count). The summed E-state index contributed by atoms with van der Waals surface area (Å²) in [6.07, 6.45) is 2.90. The third kappa shape index (κ3) is 1.67. The molecule has 0 saturated carbocycles. The first-order valence-electron chi connectivity index (χ1n) is 4.64. The molecule has 0 radical (unpaired) electrons. The van der Waals surface area contributed by atoms with Crippen LogP contribution in [-0.4, -0.2) is 34.4 Å². The zero-order valence-corrected chi connectivity index (χ0v) is 9.16. The number of hydrogen-bond acceptors (Lipinski definition) is 4. The van der Waals surface area contributed by atoms with Crippen LogP contribution in [-0.2, 0) is 4.74 Å². The molecule has 0 atom stereocenters. The van der Waals surface area contributed by atoms with E-state index in [9.17, 15) is 5.21 Å². The van der Waals surface area contributed by atoms with Crippen LogP contribution in [0, 0.1) is 5.41 Å². The van der Waals surface area contributed by atoms with Crippen molar-refractivity contribution in [2.45, 2.75) is 38.8 Å². The lowest BCUT2D eigenvalue weighted by atomic mass is 9.97. The first kappa shape index (κ1) is 11.2. The van der Waals surface area contributed by atoms with Crippen LogP contribution < -0.4 is 0 Å². The lowest BCUT2D eigenvalue weighted by molar-refractivity contribution is -0.185. The molecule has 80 valence electrons. The molecular formula is C10H18N2O2. The fourth-order valence-corrected chi connectivity index (χ4v) is 1.87. The summed E-state index contributed by atoms with van der Waals surface area (Å²) in [5.74, 6) is 0. The molecule has 0 aromatic heterocycles. The second-order valence-electron chi connectivity index (χ2n) is 4.62. The maximum absolute atomic E-state index is 9.92. The van der Waals surface area contributed by atoms with Gasteiger partial charge in [0.15, 0.2) is 6.40 Å². The van der Waals surface area contributed by atoms with E-state index in [0.29, 0.717) is 6.61 Å². The van der Waals surface area contributed by atoms with Crippen LogP contribution in [0.5, 0.6) is 0 Å². The molecule has 0 fully saturated rings. The van der Waals surface area contributed by atoms with Gasteiger partial charge in [0.2, 0.25) is 0 Å². The van der Waals surface area contributed by atoms with Crippen molar-refractivity contribution >= 4 is 6.40 Å². The van der Waals surface area contributed by atoms with Crippen molar-refractivity contribution in [1.82, 2.24) is 5.06 Å². The number of hydrogen-bond donors (Lipinski definition) is 2. The van der Waals surface area contributed by atoms with Crippen LogP contribution in [0.2, 0.25) is 0 Å². The second-order valence-corrected chi connectivity index (χ2v) is 4.62. The summed E-state index contributed by atoms with van der Waals surface area (Å²) < 4.78 is 4.93. The molecule has 1 aliphatic heterocycles. The van der Waals surface area contributed by atoms with Crippen LogP contribution >= 0.6 is 0 Å². The van der Waals surface area contributed by atoms with Gasteiger partial charge in [-0.15, -0.1) is 0 Å². The molecule has 1 heterocycles. The molecule has 0 bridgehead atoms. The van der Waals surface area contributed by atoms with E-state index in [4.69, 9.17) is 10.1 Å². The zero-order valence-electron chi connectivity index (χ0n) is 9.16. The van der Waals surface area contributed by atoms with Crippen LogP contribution in [0.4, 0.5) is 0 Å². The largest absolute Gasteiger partial charge is 0.479 e. The van der Waals surface area contributed by atoms with Gasteiger partial charge in [0.25, 0.3) is 0 Å². The van der Waals surface area contributed by atoms with Crippen molar-refractivity contribution in [2.75, 3.05) is 6.61 Å². The van der Waals surface area contributed by atoms with Gasteiger partial charge in [-0.1, -0.05) is 6.08 Å². The summed E-state index contributed by atoms with van der Waals surface area (Å²) in [5, 5.41) is 18.0. The number of nitrogens with one attached hydrogen (secondary N) is 1. The first-order chi connectivity index (χ1) is 6.32.